The van der Waals surface area contributed by atoms with Gasteiger partial charge in [0.1, 0.15) is 23.0 Å². The Hall–Kier alpha value is -2.45. The van der Waals surface area contributed by atoms with Gasteiger partial charge < -0.3 is 19.3 Å². The maximum Gasteiger partial charge on any atom is 0.414 e. The first-order chi connectivity index (χ1) is 13.9. The van der Waals surface area contributed by atoms with Crippen LogP contribution in [0.1, 0.15) is 25.7 Å². The number of amides is 1. The molecule has 1 aliphatic carbocycles. The highest BCUT2D eigenvalue weighted by atomic mass is 32.1. The summed E-state index contributed by atoms with van der Waals surface area (Å²) in [4.78, 5) is 25.4. The van der Waals surface area contributed by atoms with E-state index in [4.69, 9.17) is 9.47 Å². The lowest BCUT2D eigenvalue weighted by molar-refractivity contribution is 0.108. The fourth-order valence-corrected chi connectivity index (χ4v) is 4.76. The predicted octanol–water partition coefficient (Wildman–Crippen LogP) is 4.16. The molecule has 1 amide bonds. The third-order valence-electron chi connectivity index (χ3n) is 5.43. The maximum atomic E-state index is 11.9. The molecule has 0 spiro atoms. The summed E-state index contributed by atoms with van der Waals surface area (Å²) < 4.78 is 12.8. The third kappa shape index (κ3) is 4.13. The minimum Gasteiger partial charge on any atom is -0.474 e. The Morgan fingerprint density at radius 3 is 2.55 bits per heavy atom. The lowest BCUT2D eigenvalue weighted by atomic mass is 9.92. The number of thiophene rings is 1. The molecule has 0 aliphatic heterocycles. The summed E-state index contributed by atoms with van der Waals surface area (Å²) in [6.07, 6.45) is 5.60. The van der Waals surface area contributed by atoms with Crippen LogP contribution < -0.4 is 9.47 Å². The van der Waals surface area contributed by atoms with Gasteiger partial charge in [0.05, 0.1) is 5.39 Å². The van der Waals surface area contributed by atoms with Crippen LogP contribution in [0.2, 0.25) is 0 Å². The average Bonchev–Trinajstić information content (AvgIpc) is 3.07. The second kappa shape index (κ2) is 8.12. The predicted molar refractivity (Wildman–Crippen MR) is 115 cm³/mol. The minimum absolute atomic E-state index is 0.161. The maximum absolute atomic E-state index is 11.9. The van der Waals surface area contributed by atoms with E-state index in [9.17, 15) is 4.79 Å². The van der Waals surface area contributed by atoms with E-state index in [1.54, 1.807) is 37.8 Å². The largest absolute Gasteiger partial charge is 0.474 e. The molecule has 2 aromatic heterocycles. The highest BCUT2D eigenvalue weighted by Crippen LogP contribution is 2.39. The summed E-state index contributed by atoms with van der Waals surface area (Å²) in [6, 6.07) is 6.24. The smallest absolute Gasteiger partial charge is 0.414 e. The van der Waals surface area contributed by atoms with Crippen molar-refractivity contribution in [2.24, 2.45) is 0 Å². The molecule has 0 saturated heterocycles. The van der Waals surface area contributed by atoms with Crippen molar-refractivity contribution in [2.75, 3.05) is 28.2 Å². The fourth-order valence-electron chi connectivity index (χ4n) is 3.74. The van der Waals surface area contributed by atoms with Crippen LogP contribution in [-0.2, 0) is 0 Å². The molecule has 0 bridgehead atoms. The standard InChI is InChI=1S/C21H26N4O3S/c1-24(2)13-5-7-14(8-6-13)27-19-18-16-11-15(28-21(26)25(3)4)9-10-17(16)29-20(18)23-12-22-19/h9-14H,5-8H2,1-4H3/t13-,14-. The molecular formula is C21H26N4O3S. The van der Waals surface area contributed by atoms with Gasteiger partial charge in [0, 0.05) is 30.2 Å². The van der Waals surface area contributed by atoms with Gasteiger partial charge in [0.2, 0.25) is 5.88 Å². The molecule has 0 N–H and O–H groups in total. The number of ether oxygens (including phenoxy) is 2. The van der Waals surface area contributed by atoms with Crippen LogP contribution >= 0.6 is 11.3 Å². The summed E-state index contributed by atoms with van der Waals surface area (Å²) in [5.41, 5.74) is 0. The molecule has 29 heavy (non-hydrogen) atoms. The molecule has 154 valence electrons. The van der Waals surface area contributed by atoms with Gasteiger partial charge in [-0.25, -0.2) is 14.8 Å². The number of benzene rings is 1. The van der Waals surface area contributed by atoms with Crippen LogP contribution in [0, 0.1) is 0 Å². The molecule has 8 heteroatoms. The first kappa shape index (κ1) is 19.8. The summed E-state index contributed by atoms with van der Waals surface area (Å²) in [7, 11) is 7.59. The highest BCUT2D eigenvalue weighted by molar-refractivity contribution is 7.25. The molecule has 4 rings (SSSR count). The molecule has 1 saturated carbocycles. The summed E-state index contributed by atoms with van der Waals surface area (Å²) in [6.45, 7) is 0. The van der Waals surface area contributed by atoms with Gasteiger partial charge in [-0.3, -0.25) is 0 Å². The van der Waals surface area contributed by atoms with E-state index in [-0.39, 0.29) is 6.10 Å². The molecular weight excluding hydrogens is 388 g/mol. The zero-order chi connectivity index (χ0) is 20.5. The molecule has 1 aliphatic rings. The number of fused-ring (bicyclic) bond motifs is 3. The highest BCUT2D eigenvalue weighted by Gasteiger charge is 2.25. The normalized spacial score (nSPS) is 19.6. The summed E-state index contributed by atoms with van der Waals surface area (Å²) in [5.74, 6) is 1.11. The lowest BCUT2D eigenvalue weighted by Crippen LogP contribution is -2.35. The molecule has 1 aromatic carbocycles. The van der Waals surface area contributed by atoms with Crippen LogP contribution in [0.25, 0.3) is 20.3 Å². The van der Waals surface area contributed by atoms with E-state index in [1.165, 1.54) is 4.90 Å². The van der Waals surface area contributed by atoms with Crippen molar-refractivity contribution in [1.29, 1.82) is 0 Å². The Morgan fingerprint density at radius 1 is 1.10 bits per heavy atom. The van der Waals surface area contributed by atoms with Gasteiger partial charge in [-0.15, -0.1) is 11.3 Å². The molecule has 2 heterocycles. The molecule has 7 nitrogen and oxygen atoms in total. The Kier molecular flexibility index (Phi) is 5.56. The van der Waals surface area contributed by atoms with Gasteiger partial charge in [0.25, 0.3) is 0 Å². The Balaban J connectivity index is 1.63. The average molecular weight is 415 g/mol. The first-order valence-corrected chi connectivity index (χ1v) is 10.6. The van der Waals surface area contributed by atoms with Crippen LogP contribution in [0.3, 0.4) is 0 Å². The Morgan fingerprint density at radius 2 is 1.86 bits per heavy atom. The quantitative estimate of drug-likeness (QED) is 0.639. The second-order valence-corrected chi connectivity index (χ2v) is 8.92. The molecule has 0 atom stereocenters. The van der Waals surface area contributed by atoms with Crippen LogP contribution in [0.15, 0.2) is 24.5 Å². The van der Waals surface area contributed by atoms with Crippen molar-refractivity contribution >= 4 is 37.7 Å². The summed E-state index contributed by atoms with van der Waals surface area (Å²) >= 11 is 1.59. The Labute approximate surface area is 174 Å². The number of rotatable bonds is 4. The topological polar surface area (TPSA) is 67.8 Å². The van der Waals surface area contributed by atoms with E-state index in [2.05, 4.69) is 29.0 Å². The van der Waals surface area contributed by atoms with E-state index >= 15 is 0 Å². The number of carbonyl (C=O) groups excluding carboxylic acids is 1. The fraction of sp³-hybridized carbons (Fsp3) is 0.476. The number of nitrogens with zero attached hydrogens (tertiary/aromatic N) is 4. The molecule has 0 radical (unpaired) electrons. The van der Waals surface area contributed by atoms with E-state index in [0.717, 1.165) is 46.0 Å². The zero-order valence-corrected chi connectivity index (χ0v) is 18.0. The van der Waals surface area contributed by atoms with Crippen molar-refractivity contribution in [3.8, 4) is 11.6 Å². The monoisotopic (exact) mass is 414 g/mol. The molecule has 3 aromatic rings. The minimum atomic E-state index is -0.408. The molecule has 0 unspecified atom stereocenters. The van der Waals surface area contributed by atoms with E-state index in [1.807, 2.05) is 12.1 Å². The van der Waals surface area contributed by atoms with Gasteiger partial charge in [-0.05, 0) is 58.0 Å². The van der Waals surface area contributed by atoms with Crippen molar-refractivity contribution in [3.63, 3.8) is 0 Å². The number of aromatic nitrogens is 2. The zero-order valence-electron chi connectivity index (χ0n) is 17.2. The lowest BCUT2D eigenvalue weighted by Gasteiger charge is -2.32. The van der Waals surface area contributed by atoms with Gasteiger partial charge >= 0.3 is 6.09 Å². The van der Waals surface area contributed by atoms with Gasteiger partial charge in [-0.2, -0.15) is 0 Å². The number of hydrogen-bond donors (Lipinski definition) is 0. The third-order valence-corrected chi connectivity index (χ3v) is 6.51. The van der Waals surface area contributed by atoms with Crippen LogP contribution in [0.4, 0.5) is 4.79 Å². The number of hydrogen-bond acceptors (Lipinski definition) is 7. The van der Waals surface area contributed by atoms with Crippen molar-refractivity contribution in [2.45, 2.75) is 37.8 Å². The Bertz CT molecular complexity index is 1030. The van der Waals surface area contributed by atoms with Crippen LogP contribution in [0.5, 0.6) is 11.6 Å². The van der Waals surface area contributed by atoms with Crippen LogP contribution in [-0.4, -0.2) is 66.2 Å². The number of carbonyl (C=O) groups is 1. The van der Waals surface area contributed by atoms with E-state index in [0.29, 0.717) is 17.7 Å². The van der Waals surface area contributed by atoms with Crippen molar-refractivity contribution < 1.29 is 14.3 Å². The van der Waals surface area contributed by atoms with Gasteiger partial charge in [0.15, 0.2) is 0 Å². The van der Waals surface area contributed by atoms with E-state index < -0.39 is 6.09 Å². The molecule has 1 fully saturated rings. The first-order valence-electron chi connectivity index (χ1n) is 9.82. The van der Waals surface area contributed by atoms with Crippen molar-refractivity contribution in [1.82, 2.24) is 19.8 Å². The SMILES string of the molecule is CN(C)C(=O)Oc1ccc2sc3ncnc(O[C@H]4CC[C@H](N(C)C)CC4)c3c2c1. The van der Waals surface area contributed by atoms with Crippen molar-refractivity contribution in [3.05, 3.63) is 24.5 Å². The second-order valence-electron chi connectivity index (χ2n) is 7.89. The van der Waals surface area contributed by atoms with Gasteiger partial charge in [-0.1, -0.05) is 0 Å². The summed E-state index contributed by atoms with van der Waals surface area (Å²) in [5, 5.41) is 1.84.